The zero-order valence-corrected chi connectivity index (χ0v) is 12.0. The van der Waals surface area contributed by atoms with Crippen LogP contribution in [0.25, 0.3) is 6.08 Å². The number of hydrogen-bond donors (Lipinski definition) is 2. The zero-order chi connectivity index (χ0) is 15.1. The van der Waals surface area contributed by atoms with E-state index in [9.17, 15) is 9.59 Å². The highest BCUT2D eigenvalue weighted by molar-refractivity contribution is 5.95. The summed E-state index contributed by atoms with van der Waals surface area (Å²) in [4.78, 5) is 22.6. The highest BCUT2D eigenvalue weighted by atomic mass is 16.4. The van der Waals surface area contributed by atoms with E-state index in [1.807, 2.05) is 0 Å². The fourth-order valence-corrected chi connectivity index (χ4v) is 2.68. The van der Waals surface area contributed by atoms with Gasteiger partial charge in [0.05, 0.1) is 0 Å². The number of carboxylic acid groups (broad SMARTS) is 1. The summed E-state index contributed by atoms with van der Waals surface area (Å²) in [5.41, 5.74) is 1.28. The molecule has 0 unspecified atom stereocenters. The van der Waals surface area contributed by atoms with E-state index in [4.69, 9.17) is 5.11 Å². The maximum absolute atomic E-state index is 12.1. The molecule has 2 N–H and O–H groups in total. The van der Waals surface area contributed by atoms with E-state index < -0.39 is 5.97 Å². The molecule has 1 amide bonds. The molecule has 1 aromatic rings. The Labute approximate surface area is 124 Å². The molecular formula is C17H21NO3. The number of aliphatic carboxylic acids is 1. The van der Waals surface area contributed by atoms with E-state index >= 15 is 0 Å². The standard InChI is InChI=1S/C17H21NO3/c19-16(20)10-9-13-7-4-8-15(11-13)17(21)18-12-14-5-2-1-3-6-14/h4,7-11,14H,1-3,5-6,12H2,(H,18,21)(H,19,20). The molecule has 0 saturated heterocycles. The van der Waals surface area contributed by atoms with Crippen LogP contribution in [-0.4, -0.2) is 23.5 Å². The molecule has 1 saturated carbocycles. The van der Waals surface area contributed by atoms with Crippen LogP contribution < -0.4 is 5.32 Å². The number of nitrogens with one attached hydrogen (secondary N) is 1. The number of rotatable bonds is 5. The second-order valence-electron chi connectivity index (χ2n) is 5.51. The first-order valence-corrected chi connectivity index (χ1v) is 7.44. The van der Waals surface area contributed by atoms with Crippen molar-refractivity contribution in [2.75, 3.05) is 6.54 Å². The molecule has 1 aliphatic carbocycles. The lowest BCUT2D eigenvalue weighted by atomic mass is 9.89. The SMILES string of the molecule is O=C(O)C=Cc1cccc(C(=O)NCC2CCCCC2)c1. The molecule has 0 aliphatic heterocycles. The van der Waals surface area contributed by atoms with Crippen LogP contribution in [0.3, 0.4) is 0 Å². The Morgan fingerprint density at radius 3 is 2.71 bits per heavy atom. The van der Waals surface area contributed by atoms with Crippen molar-refractivity contribution in [3.8, 4) is 0 Å². The second kappa shape index (κ2) is 7.62. The maximum Gasteiger partial charge on any atom is 0.328 e. The van der Waals surface area contributed by atoms with Gasteiger partial charge in [0, 0.05) is 18.2 Å². The molecule has 0 aromatic heterocycles. The summed E-state index contributed by atoms with van der Waals surface area (Å²) in [7, 11) is 0. The van der Waals surface area contributed by atoms with Crippen LogP contribution >= 0.6 is 0 Å². The smallest absolute Gasteiger partial charge is 0.328 e. The number of benzene rings is 1. The minimum atomic E-state index is -0.998. The van der Waals surface area contributed by atoms with Crippen molar-refractivity contribution >= 4 is 18.0 Å². The fraction of sp³-hybridized carbons (Fsp3) is 0.412. The summed E-state index contributed by atoms with van der Waals surface area (Å²) in [6.07, 6.45) is 8.77. The quantitative estimate of drug-likeness (QED) is 0.818. The lowest BCUT2D eigenvalue weighted by Crippen LogP contribution is -2.30. The lowest BCUT2D eigenvalue weighted by Gasteiger charge is -2.21. The molecule has 112 valence electrons. The first kappa shape index (κ1) is 15.3. The summed E-state index contributed by atoms with van der Waals surface area (Å²) in [6.45, 7) is 0.730. The molecule has 0 bridgehead atoms. The molecule has 1 aromatic carbocycles. The Bertz CT molecular complexity index is 531. The van der Waals surface area contributed by atoms with E-state index in [0.717, 1.165) is 12.6 Å². The van der Waals surface area contributed by atoms with Gasteiger partial charge >= 0.3 is 5.97 Å². The van der Waals surface area contributed by atoms with Gasteiger partial charge < -0.3 is 10.4 Å². The van der Waals surface area contributed by atoms with Gasteiger partial charge in [0.15, 0.2) is 0 Å². The van der Waals surface area contributed by atoms with Crippen molar-refractivity contribution < 1.29 is 14.7 Å². The average molecular weight is 287 g/mol. The molecule has 0 spiro atoms. The van der Waals surface area contributed by atoms with E-state index in [0.29, 0.717) is 17.0 Å². The van der Waals surface area contributed by atoms with Crippen molar-refractivity contribution in [2.45, 2.75) is 32.1 Å². The molecule has 4 nitrogen and oxygen atoms in total. The van der Waals surface area contributed by atoms with Crippen LogP contribution in [0, 0.1) is 5.92 Å². The molecular weight excluding hydrogens is 266 g/mol. The number of carbonyl (C=O) groups is 2. The van der Waals surface area contributed by atoms with Crippen molar-refractivity contribution in [1.29, 1.82) is 0 Å². The summed E-state index contributed by atoms with van der Waals surface area (Å²) < 4.78 is 0. The van der Waals surface area contributed by atoms with Crippen molar-refractivity contribution in [2.24, 2.45) is 5.92 Å². The molecule has 4 heteroatoms. The predicted molar refractivity (Wildman–Crippen MR) is 82.0 cm³/mol. The van der Waals surface area contributed by atoms with E-state index in [1.165, 1.54) is 38.2 Å². The third-order valence-corrected chi connectivity index (χ3v) is 3.84. The Balaban J connectivity index is 1.92. The van der Waals surface area contributed by atoms with Gasteiger partial charge in [0.2, 0.25) is 0 Å². The van der Waals surface area contributed by atoms with Crippen LogP contribution in [-0.2, 0) is 4.79 Å². The summed E-state index contributed by atoms with van der Waals surface area (Å²) in [5, 5.41) is 11.6. The van der Waals surface area contributed by atoms with E-state index in [2.05, 4.69) is 5.32 Å². The second-order valence-corrected chi connectivity index (χ2v) is 5.51. The van der Waals surface area contributed by atoms with Gasteiger partial charge in [-0.3, -0.25) is 4.79 Å². The average Bonchev–Trinajstić information content (AvgIpc) is 2.52. The summed E-state index contributed by atoms with van der Waals surface area (Å²) in [5.74, 6) is -0.494. The zero-order valence-electron chi connectivity index (χ0n) is 12.0. The molecule has 0 heterocycles. The Kier molecular flexibility index (Phi) is 5.55. The monoisotopic (exact) mass is 287 g/mol. The third kappa shape index (κ3) is 5.06. The van der Waals surface area contributed by atoms with Crippen LogP contribution in [0.5, 0.6) is 0 Å². The number of carbonyl (C=O) groups excluding carboxylic acids is 1. The van der Waals surface area contributed by atoms with Crippen molar-refractivity contribution in [1.82, 2.24) is 5.32 Å². The Morgan fingerprint density at radius 2 is 2.00 bits per heavy atom. The van der Waals surface area contributed by atoms with Gasteiger partial charge in [0.1, 0.15) is 0 Å². The third-order valence-electron chi connectivity index (χ3n) is 3.84. The number of hydrogen-bond acceptors (Lipinski definition) is 2. The normalized spacial score (nSPS) is 16.0. The lowest BCUT2D eigenvalue weighted by molar-refractivity contribution is -0.131. The Morgan fingerprint density at radius 1 is 1.24 bits per heavy atom. The molecule has 21 heavy (non-hydrogen) atoms. The first-order chi connectivity index (χ1) is 10.1. The molecule has 1 aliphatic rings. The van der Waals surface area contributed by atoms with Crippen LogP contribution in [0.1, 0.15) is 48.0 Å². The number of amides is 1. The summed E-state index contributed by atoms with van der Waals surface area (Å²) in [6, 6.07) is 6.98. The highest BCUT2D eigenvalue weighted by Crippen LogP contribution is 2.22. The molecule has 1 fully saturated rings. The fourth-order valence-electron chi connectivity index (χ4n) is 2.68. The van der Waals surface area contributed by atoms with Crippen LogP contribution in [0.4, 0.5) is 0 Å². The van der Waals surface area contributed by atoms with Crippen LogP contribution in [0.2, 0.25) is 0 Å². The highest BCUT2D eigenvalue weighted by Gasteiger charge is 2.14. The topological polar surface area (TPSA) is 66.4 Å². The summed E-state index contributed by atoms with van der Waals surface area (Å²) >= 11 is 0. The van der Waals surface area contributed by atoms with Crippen molar-refractivity contribution in [3.63, 3.8) is 0 Å². The largest absolute Gasteiger partial charge is 0.478 e. The Hall–Kier alpha value is -2.10. The molecule has 0 atom stereocenters. The van der Waals surface area contributed by atoms with Gasteiger partial charge in [-0.2, -0.15) is 0 Å². The van der Waals surface area contributed by atoms with Gasteiger partial charge in [-0.1, -0.05) is 31.4 Å². The predicted octanol–water partition coefficient (Wildman–Crippen LogP) is 3.09. The number of carboxylic acids is 1. The van der Waals surface area contributed by atoms with Crippen LogP contribution in [0.15, 0.2) is 30.3 Å². The van der Waals surface area contributed by atoms with Crippen molar-refractivity contribution in [3.05, 3.63) is 41.5 Å². The molecule has 0 radical (unpaired) electrons. The molecule has 2 rings (SSSR count). The van der Waals surface area contributed by atoms with E-state index in [-0.39, 0.29) is 5.91 Å². The van der Waals surface area contributed by atoms with Gasteiger partial charge in [0.25, 0.3) is 5.91 Å². The van der Waals surface area contributed by atoms with Gasteiger partial charge in [-0.15, -0.1) is 0 Å². The maximum atomic E-state index is 12.1. The van der Waals surface area contributed by atoms with Gasteiger partial charge in [-0.05, 0) is 42.5 Å². The van der Waals surface area contributed by atoms with Gasteiger partial charge in [-0.25, -0.2) is 4.79 Å². The first-order valence-electron chi connectivity index (χ1n) is 7.44. The minimum absolute atomic E-state index is 0.0915. The van der Waals surface area contributed by atoms with E-state index in [1.54, 1.807) is 24.3 Å². The minimum Gasteiger partial charge on any atom is -0.478 e.